The van der Waals surface area contributed by atoms with Gasteiger partial charge in [-0.05, 0) is 55.1 Å². The number of pyridine rings is 1. The molecule has 2 aliphatic rings. The van der Waals surface area contributed by atoms with Crippen LogP contribution < -0.4 is 11.2 Å². The van der Waals surface area contributed by atoms with E-state index in [1.165, 1.54) is 18.3 Å². The smallest absolute Gasteiger partial charge is 0.302 e. The van der Waals surface area contributed by atoms with Gasteiger partial charge in [0.1, 0.15) is 0 Å². The largest absolute Gasteiger partial charge is 0.416 e. The third-order valence-corrected chi connectivity index (χ3v) is 6.75. The van der Waals surface area contributed by atoms with E-state index in [0.29, 0.717) is 18.9 Å². The maximum absolute atomic E-state index is 14.0. The Morgan fingerprint density at radius 3 is 2.59 bits per heavy atom. The van der Waals surface area contributed by atoms with Crippen molar-refractivity contribution in [3.8, 4) is 11.3 Å². The number of nitrogens with zero attached hydrogens (tertiary/aromatic N) is 4. The number of rotatable bonds is 6. The third kappa shape index (κ3) is 4.04. The molecule has 5 rings (SSSR count). The molecule has 2 fully saturated rings. The first kappa shape index (κ1) is 22.5. The van der Waals surface area contributed by atoms with Gasteiger partial charge in [-0.15, -0.1) is 0 Å². The van der Waals surface area contributed by atoms with E-state index >= 15 is 0 Å². The first-order chi connectivity index (χ1) is 16.2. The molecule has 0 amide bonds. The second-order valence-electron chi connectivity index (χ2n) is 8.89. The van der Waals surface area contributed by atoms with Crippen LogP contribution in [0.3, 0.4) is 0 Å². The number of aryl methyl sites for hydroxylation is 1. The van der Waals surface area contributed by atoms with Crippen molar-refractivity contribution in [3.63, 3.8) is 0 Å². The van der Waals surface area contributed by atoms with Crippen molar-refractivity contribution >= 4 is 0 Å². The molecule has 2 atom stereocenters. The molecule has 0 spiro atoms. The number of hydrogen-bond acceptors (Lipinski definition) is 5. The number of aromatic amines is 1. The van der Waals surface area contributed by atoms with Crippen molar-refractivity contribution in [1.82, 2.24) is 24.6 Å². The molecular weight excluding hydrogens is 454 g/mol. The Balaban J connectivity index is 1.23. The molecule has 2 aromatic heterocycles. The minimum absolute atomic E-state index is 0.0874. The van der Waals surface area contributed by atoms with Crippen molar-refractivity contribution in [2.24, 2.45) is 5.92 Å². The van der Waals surface area contributed by atoms with E-state index < -0.39 is 28.9 Å². The lowest BCUT2D eigenvalue weighted by atomic mass is 9.94. The number of aromatic nitrogens is 4. The van der Waals surface area contributed by atoms with Crippen LogP contribution in [0.2, 0.25) is 0 Å². The van der Waals surface area contributed by atoms with Gasteiger partial charge in [-0.2, -0.15) is 22.7 Å². The molecule has 0 radical (unpaired) electrons. The van der Waals surface area contributed by atoms with Crippen LogP contribution in [0.25, 0.3) is 11.3 Å². The summed E-state index contributed by atoms with van der Waals surface area (Å²) in [5, 5.41) is 4.05. The van der Waals surface area contributed by atoms with Gasteiger partial charge in [-0.1, -0.05) is 12.1 Å². The zero-order chi connectivity index (χ0) is 24.1. The highest BCUT2D eigenvalue weighted by atomic mass is 19.4. The molecule has 1 aliphatic carbocycles. The standard InChI is InChI=1S/C23H21F4N5O2/c24-19-17(3-1-8-28-19)18-20(33)29-21(34)32(30-18)10-2-9-31-12-16-11-22(16,13-31)14-4-6-15(7-5-14)23(25,26)27/h1,3-8,16H,2,9-13H2,(H,29,33,34)/t16-,22+/m0/s1. The molecule has 3 aromatic rings. The molecule has 7 nitrogen and oxygen atoms in total. The Kier molecular flexibility index (Phi) is 5.38. The number of hydrogen-bond donors (Lipinski definition) is 1. The number of H-pyrrole nitrogens is 1. The van der Waals surface area contributed by atoms with Crippen LogP contribution in [0.4, 0.5) is 17.6 Å². The highest BCUT2D eigenvalue weighted by molar-refractivity contribution is 5.56. The summed E-state index contributed by atoms with van der Waals surface area (Å²) < 4.78 is 53.7. The zero-order valence-corrected chi connectivity index (χ0v) is 18.0. The van der Waals surface area contributed by atoms with Crippen molar-refractivity contribution in [2.45, 2.75) is 31.0 Å². The van der Waals surface area contributed by atoms with E-state index in [4.69, 9.17) is 0 Å². The fourth-order valence-corrected chi connectivity index (χ4v) is 4.96. The maximum atomic E-state index is 14.0. The summed E-state index contributed by atoms with van der Waals surface area (Å²) in [4.78, 5) is 32.2. The second kappa shape index (κ2) is 8.15. The molecule has 0 unspecified atom stereocenters. The Bertz CT molecular complexity index is 1330. The van der Waals surface area contributed by atoms with Gasteiger partial charge >= 0.3 is 11.9 Å². The normalized spacial score (nSPS) is 22.1. The predicted molar refractivity (Wildman–Crippen MR) is 115 cm³/mol. The monoisotopic (exact) mass is 475 g/mol. The summed E-state index contributed by atoms with van der Waals surface area (Å²) in [7, 11) is 0. The van der Waals surface area contributed by atoms with Crippen molar-refractivity contribution in [1.29, 1.82) is 0 Å². The van der Waals surface area contributed by atoms with Crippen LogP contribution in [0, 0.1) is 11.9 Å². The van der Waals surface area contributed by atoms with E-state index in [1.54, 1.807) is 12.1 Å². The number of benzene rings is 1. The number of nitrogens with one attached hydrogen (secondary N) is 1. The molecular formula is C23H21F4N5O2. The number of alkyl halides is 3. The van der Waals surface area contributed by atoms with Crippen molar-refractivity contribution in [3.05, 3.63) is 80.5 Å². The molecule has 1 N–H and O–H groups in total. The van der Waals surface area contributed by atoms with Gasteiger partial charge < -0.3 is 4.90 Å². The minimum atomic E-state index is -4.35. The van der Waals surface area contributed by atoms with Gasteiger partial charge in [-0.3, -0.25) is 9.78 Å². The van der Waals surface area contributed by atoms with E-state index in [9.17, 15) is 27.2 Å². The summed E-state index contributed by atoms with van der Waals surface area (Å²) >= 11 is 0. The van der Waals surface area contributed by atoms with E-state index in [2.05, 4.69) is 20.0 Å². The van der Waals surface area contributed by atoms with Gasteiger partial charge in [0.05, 0.1) is 11.1 Å². The molecule has 1 aliphatic heterocycles. The number of fused-ring (bicyclic) bond motifs is 1. The summed E-state index contributed by atoms with van der Waals surface area (Å²) in [6, 6.07) is 8.27. The van der Waals surface area contributed by atoms with Gasteiger partial charge in [0.25, 0.3) is 5.56 Å². The molecule has 34 heavy (non-hydrogen) atoms. The summed E-state index contributed by atoms with van der Waals surface area (Å²) in [5.74, 6) is -0.450. The highest BCUT2D eigenvalue weighted by Crippen LogP contribution is 2.59. The average molecular weight is 475 g/mol. The Hall–Kier alpha value is -3.34. The van der Waals surface area contributed by atoms with Gasteiger partial charge in [0.15, 0.2) is 5.69 Å². The number of halogens is 4. The van der Waals surface area contributed by atoms with Crippen LogP contribution in [0.1, 0.15) is 24.0 Å². The van der Waals surface area contributed by atoms with Crippen LogP contribution in [0.15, 0.2) is 52.2 Å². The Labute approximate surface area is 191 Å². The Morgan fingerprint density at radius 2 is 1.88 bits per heavy atom. The summed E-state index contributed by atoms with van der Waals surface area (Å²) in [6.45, 7) is 2.45. The van der Waals surface area contributed by atoms with Gasteiger partial charge in [0, 0.05) is 31.2 Å². The number of likely N-dealkylation sites (tertiary alicyclic amines) is 1. The van der Waals surface area contributed by atoms with Crippen LogP contribution in [-0.4, -0.2) is 44.3 Å². The number of piperidine rings is 1. The third-order valence-electron chi connectivity index (χ3n) is 6.75. The highest BCUT2D eigenvalue weighted by Gasteiger charge is 2.60. The maximum Gasteiger partial charge on any atom is 0.416 e. The van der Waals surface area contributed by atoms with Crippen molar-refractivity contribution < 1.29 is 17.6 Å². The van der Waals surface area contributed by atoms with Gasteiger partial charge in [-0.25, -0.2) is 14.5 Å². The lowest BCUT2D eigenvalue weighted by molar-refractivity contribution is -0.137. The molecule has 178 valence electrons. The Morgan fingerprint density at radius 1 is 1.12 bits per heavy atom. The average Bonchev–Trinajstić information content (AvgIpc) is 3.37. The molecule has 3 heterocycles. The van der Waals surface area contributed by atoms with Crippen molar-refractivity contribution in [2.75, 3.05) is 19.6 Å². The minimum Gasteiger partial charge on any atom is -0.302 e. The first-order valence-corrected chi connectivity index (χ1v) is 10.9. The van der Waals surface area contributed by atoms with E-state index in [1.807, 2.05) is 0 Å². The van der Waals surface area contributed by atoms with E-state index in [0.717, 1.165) is 41.9 Å². The van der Waals surface area contributed by atoms with Crippen LogP contribution in [0.5, 0.6) is 0 Å². The quantitative estimate of drug-likeness (QED) is 0.438. The predicted octanol–water partition coefficient (Wildman–Crippen LogP) is 2.82. The van der Waals surface area contributed by atoms with E-state index in [-0.39, 0.29) is 23.2 Å². The second-order valence-corrected chi connectivity index (χ2v) is 8.89. The molecule has 1 saturated carbocycles. The lowest BCUT2D eigenvalue weighted by Crippen LogP contribution is -2.35. The van der Waals surface area contributed by atoms with Crippen LogP contribution >= 0.6 is 0 Å². The first-order valence-electron chi connectivity index (χ1n) is 10.9. The SMILES string of the molecule is O=c1[nH]c(=O)n(CCCN2C[C@@H]3C[C@]3(c3ccc(C(F)(F)F)cc3)C2)nc1-c1cccnc1F. The fraction of sp³-hybridized carbons (Fsp3) is 0.391. The molecule has 1 saturated heterocycles. The zero-order valence-electron chi connectivity index (χ0n) is 18.0. The summed E-state index contributed by atoms with van der Waals surface area (Å²) in [6.07, 6.45) is -1.59. The molecule has 0 bridgehead atoms. The molecule has 11 heteroatoms. The molecule has 1 aromatic carbocycles. The van der Waals surface area contributed by atoms with Gasteiger partial charge in [0.2, 0.25) is 5.95 Å². The topological polar surface area (TPSA) is 83.9 Å². The summed E-state index contributed by atoms with van der Waals surface area (Å²) in [5.41, 5.74) is -1.60. The van der Waals surface area contributed by atoms with Crippen LogP contribution in [-0.2, 0) is 18.1 Å². The lowest BCUT2D eigenvalue weighted by Gasteiger charge is -2.21. The fourth-order valence-electron chi connectivity index (χ4n) is 4.96.